The Morgan fingerprint density at radius 1 is 1.23 bits per heavy atom. The van der Waals surface area contributed by atoms with Crippen LogP contribution >= 0.6 is 0 Å². The molecule has 0 bridgehead atoms. The highest BCUT2D eigenvalue weighted by Crippen LogP contribution is 2.16. The number of nitrogens with zero attached hydrogens (tertiary/aromatic N) is 1. The van der Waals surface area contributed by atoms with E-state index in [9.17, 15) is 24.3 Å². The number of carbonyl (C=O) groups excluding carboxylic acids is 4. The maximum Gasteiger partial charge on any atom is 0.246 e. The lowest BCUT2D eigenvalue weighted by Crippen LogP contribution is -2.55. The number of amides is 4. The van der Waals surface area contributed by atoms with Crippen LogP contribution in [-0.2, 0) is 19.2 Å². The minimum Gasteiger partial charge on any atom is -0.394 e. The second-order valence-corrected chi connectivity index (χ2v) is 5.10. The van der Waals surface area contributed by atoms with Crippen molar-refractivity contribution in [1.29, 1.82) is 0 Å². The summed E-state index contributed by atoms with van der Waals surface area (Å²) in [5.74, 6) is -2.53. The number of rotatable bonds is 9. The first-order chi connectivity index (χ1) is 10.4. The SMILES string of the molecule is NCCCC[C@H](NC(=O)[C@H](CO)N1C(=O)CCC1=O)C(N)=O. The second kappa shape index (κ2) is 8.44. The number of unbranched alkanes of at least 4 members (excludes halogenated alkanes) is 1. The van der Waals surface area contributed by atoms with E-state index in [1.165, 1.54) is 0 Å². The Labute approximate surface area is 128 Å². The zero-order valence-electron chi connectivity index (χ0n) is 12.3. The van der Waals surface area contributed by atoms with Gasteiger partial charge < -0.3 is 21.9 Å². The van der Waals surface area contributed by atoms with E-state index in [-0.39, 0.29) is 12.8 Å². The molecule has 0 aromatic heterocycles. The molecule has 0 radical (unpaired) electrons. The number of aliphatic hydroxyl groups excluding tert-OH is 1. The van der Waals surface area contributed by atoms with Crippen LogP contribution < -0.4 is 16.8 Å². The lowest BCUT2D eigenvalue weighted by molar-refractivity contribution is -0.148. The van der Waals surface area contributed by atoms with E-state index >= 15 is 0 Å². The molecule has 1 saturated heterocycles. The van der Waals surface area contributed by atoms with Gasteiger partial charge in [-0.1, -0.05) is 0 Å². The summed E-state index contributed by atoms with van der Waals surface area (Å²) in [7, 11) is 0. The molecule has 1 fully saturated rings. The quantitative estimate of drug-likeness (QED) is 0.274. The van der Waals surface area contributed by atoms with Gasteiger partial charge in [0.1, 0.15) is 12.1 Å². The Kier molecular flexibility index (Phi) is 6.93. The Morgan fingerprint density at radius 2 is 1.82 bits per heavy atom. The maximum absolute atomic E-state index is 12.2. The zero-order chi connectivity index (χ0) is 16.7. The summed E-state index contributed by atoms with van der Waals surface area (Å²) < 4.78 is 0. The number of carbonyl (C=O) groups is 4. The van der Waals surface area contributed by atoms with E-state index in [1.807, 2.05) is 0 Å². The van der Waals surface area contributed by atoms with Gasteiger partial charge in [-0.25, -0.2) is 0 Å². The fourth-order valence-corrected chi connectivity index (χ4v) is 2.27. The van der Waals surface area contributed by atoms with E-state index in [2.05, 4.69) is 5.32 Å². The Bertz CT molecular complexity index is 438. The van der Waals surface area contributed by atoms with Gasteiger partial charge in [-0.15, -0.1) is 0 Å². The Balaban J connectivity index is 2.71. The lowest BCUT2D eigenvalue weighted by Gasteiger charge is -2.25. The Morgan fingerprint density at radius 3 is 2.27 bits per heavy atom. The van der Waals surface area contributed by atoms with Crippen molar-refractivity contribution in [2.24, 2.45) is 11.5 Å². The van der Waals surface area contributed by atoms with E-state index < -0.39 is 42.3 Å². The summed E-state index contributed by atoms with van der Waals surface area (Å²) in [5.41, 5.74) is 10.6. The summed E-state index contributed by atoms with van der Waals surface area (Å²) in [5, 5.41) is 11.7. The summed E-state index contributed by atoms with van der Waals surface area (Å²) >= 11 is 0. The topological polar surface area (TPSA) is 156 Å². The van der Waals surface area contributed by atoms with Gasteiger partial charge >= 0.3 is 0 Å². The van der Waals surface area contributed by atoms with Crippen molar-refractivity contribution in [3.63, 3.8) is 0 Å². The van der Waals surface area contributed by atoms with Crippen molar-refractivity contribution < 1.29 is 24.3 Å². The second-order valence-electron chi connectivity index (χ2n) is 5.10. The van der Waals surface area contributed by atoms with Gasteiger partial charge in [0.2, 0.25) is 23.6 Å². The summed E-state index contributed by atoms with van der Waals surface area (Å²) in [6, 6.07) is -2.26. The van der Waals surface area contributed by atoms with Gasteiger partial charge in [-0.2, -0.15) is 0 Å². The highest BCUT2D eigenvalue weighted by atomic mass is 16.3. The number of hydrogen-bond donors (Lipinski definition) is 4. The van der Waals surface area contributed by atoms with Crippen LogP contribution in [0.1, 0.15) is 32.1 Å². The molecule has 0 unspecified atom stereocenters. The summed E-state index contributed by atoms with van der Waals surface area (Å²) in [6.07, 6.45) is 1.59. The zero-order valence-corrected chi connectivity index (χ0v) is 12.3. The van der Waals surface area contributed by atoms with Gasteiger partial charge in [0.05, 0.1) is 6.61 Å². The highest BCUT2D eigenvalue weighted by molar-refractivity contribution is 6.06. The number of imide groups is 1. The van der Waals surface area contributed by atoms with E-state index in [0.29, 0.717) is 25.8 Å². The van der Waals surface area contributed by atoms with Gasteiger partial charge in [0.25, 0.3) is 0 Å². The van der Waals surface area contributed by atoms with Crippen LogP contribution in [0.2, 0.25) is 0 Å². The van der Waals surface area contributed by atoms with Crippen molar-refractivity contribution in [1.82, 2.24) is 10.2 Å². The van der Waals surface area contributed by atoms with Crippen molar-refractivity contribution in [3.8, 4) is 0 Å². The van der Waals surface area contributed by atoms with Crippen molar-refractivity contribution in [2.45, 2.75) is 44.2 Å². The predicted octanol–water partition coefficient (Wildman–Crippen LogP) is -2.40. The van der Waals surface area contributed by atoms with Crippen LogP contribution in [0, 0.1) is 0 Å². The van der Waals surface area contributed by atoms with E-state index in [4.69, 9.17) is 11.5 Å². The van der Waals surface area contributed by atoms with Crippen LogP contribution in [0.5, 0.6) is 0 Å². The fourth-order valence-electron chi connectivity index (χ4n) is 2.27. The number of nitrogens with one attached hydrogen (secondary N) is 1. The molecule has 1 aliphatic heterocycles. The minimum atomic E-state index is -1.33. The first kappa shape index (κ1) is 18.1. The molecule has 0 saturated carbocycles. The molecule has 9 heteroatoms. The summed E-state index contributed by atoms with van der Waals surface area (Å²) in [6.45, 7) is -0.257. The maximum atomic E-state index is 12.2. The van der Waals surface area contributed by atoms with E-state index in [0.717, 1.165) is 4.90 Å². The number of primary amides is 1. The molecule has 22 heavy (non-hydrogen) atoms. The van der Waals surface area contributed by atoms with Crippen LogP contribution in [-0.4, -0.2) is 58.9 Å². The van der Waals surface area contributed by atoms with Crippen LogP contribution in [0.15, 0.2) is 0 Å². The molecule has 9 nitrogen and oxygen atoms in total. The number of likely N-dealkylation sites (tertiary alicyclic amines) is 1. The number of aliphatic hydroxyl groups is 1. The van der Waals surface area contributed by atoms with Crippen LogP contribution in [0.4, 0.5) is 0 Å². The molecule has 4 amide bonds. The average Bonchev–Trinajstić information content (AvgIpc) is 2.79. The van der Waals surface area contributed by atoms with Crippen molar-refractivity contribution >= 4 is 23.6 Å². The molecule has 0 spiro atoms. The third-order valence-electron chi connectivity index (χ3n) is 3.48. The number of hydrogen-bond acceptors (Lipinski definition) is 6. The first-order valence-electron chi connectivity index (χ1n) is 7.17. The van der Waals surface area contributed by atoms with E-state index in [1.54, 1.807) is 0 Å². The predicted molar refractivity (Wildman–Crippen MR) is 76.0 cm³/mol. The molecule has 1 aliphatic rings. The molecule has 1 heterocycles. The fraction of sp³-hybridized carbons (Fsp3) is 0.692. The lowest BCUT2D eigenvalue weighted by atomic mass is 10.1. The minimum absolute atomic E-state index is 0.0123. The normalized spacial score (nSPS) is 17.5. The highest BCUT2D eigenvalue weighted by Gasteiger charge is 2.39. The average molecular weight is 314 g/mol. The molecular weight excluding hydrogens is 292 g/mol. The molecule has 0 aromatic carbocycles. The largest absolute Gasteiger partial charge is 0.394 e. The van der Waals surface area contributed by atoms with Crippen LogP contribution in [0.25, 0.3) is 0 Å². The molecule has 1 rings (SSSR count). The first-order valence-corrected chi connectivity index (χ1v) is 7.17. The third kappa shape index (κ3) is 4.50. The van der Waals surface area contributed by atoms with Gasteiger partial charge in [-0.3, -0.25) is 24.1 Å². The summed E-state index contributed by atoms with van der Waals surface area (Å²) in [4.78, 5) is 47.5. The smallest absolute Gasteiger partial charge is 0.246 e. The molecule has 124 valence electrons. The molecule has 0 aliphatic carbocycles. The number of nitrogens with two attached hydrogens (primary N) is 2. The Hall–Kier alpha value is -2.00. The van der Waals surface area contributed by atoms with Crippen LogP contribution in [0.3, 0.4) is 0 Å². The molecule has 2 atom stereocenters. The monoisotopic (exact) mass is 314 g/mol. The standard InChI is InChI=1S/C13H22N4O5/c14-6-2-1-3-8(12(15)21)16-13(22)9(7-18)17-10(19)4-5-11(17)20/h8-9,18H,1-7,14H2,(H2,15,21)(H,16,22)/t8-,9-/m0/s1. The van der Waals surface area contributed by atoms with Crippen molar-refractivity contribution in [2.75, 3.05) is 13.2 Å². The van der Waals surface area contributed by atoms with Gasteiger partial charge in [0, 0.05) is 12.8 Å². The van der Waals surface area contributed by atoms with Gasteiger partial charge in [0.15, 0.2) is 0 Å². The van der Waals surface area contributed by atoms with Crippen molar-refractivity contribution in [3.05, 3.63) is 0 Å². The third-order valence-corrected chi connectivity index (χ3v) is 3.48. The molecular formula is C13H22N4O5. The molecule has 0 aromatic rings. The van der Waals surface area contributed by atoms with Gasteiger partial charge in [-0.05, 0) is 25.8 Å². The molecule has 6 N–H and O–H groups in total.